The van der Waals surface area contributed by atoms with Gasteiger partial charge in [0.25, 0.3) is 5.91 Å². The summed E-state index contributed by atoms with van der Waals surface area (Å²) in [5.41, 5.74) is -0.471. The van der Waals surface area contributed by atoms with E-state index in [9.17, 15) is 19.1 Å². The van der Waals surface area contributed by atoms with Gasteiger partial charge in [-0.2, -0.15) is 0 Å². The number of benzene rings is 2. The van der Waals surface area contributed by atoms with Crippen LogP contribution in [0.25, 0.3) is 0 Å². The van der Waals surface area contributed by atoms with Crippen LogP contribution in [0.4, 0.5) is 10.1 Å². The molecule has 0 saturated carbocycles. The van der Waals surface area contributed by atoms with Gasteiger partial charge in [0.1, 0.15) is 11.6 Å². The van der Waals surface area contributed by atoms with E-state index in [0.29, 0.717) is 0 Å². The first-order chi connectivity index (χ1) is 9.88. The van der Waals surface area contributed by atoms with Gasteiger partial charge in [-0.25, -0.2) is 9.18 Å². The van der Waals surface area contributed by atoms with Crippen molar-refractivity contribution in [1.29, 1.82) is 0 Å². The maximum Gasteiger partial charge on any atom is 0.338 e. The smallest absolute Gasteiger partial charge is 0.338 e. The van der Waals surface area contributed by atoms with Crippen LogP contribution in [0.2, 0.25) is 5.02 Å². The number of carboxylic acid groups (broad SMARTS) is 1. The van der Waals surface area contributed by atoms with Crippen molar-refractivity contribution >= 4 is 29.2 Å². The summed E-state index contributed by atoms with van der Waals surface area (Å²) in [5, 5.41) is 20.9. The summed E-state index contributed by atoms with van der Waals surface area (Å²) in [6.45, 7) is 0. The minimum atomic E-state index is -1.40. The Labute approximate surface area is 123 Å². The zero-order chi connectivity index (χ0) is 15.6. The summed E-state index contributed by atoms with van der Waals surface area (Å²) in [7, 11) is 0. The number of carbonyl (C=O) groups is 2. The van der Waals surface area contributed by atoms with Gasteiger partial charge in [-0.3, -0.25) is 4.79 Å². The van der Waals surface area contributed by atoms with Gasteiger partial charge in [0.05, 0.1) is 11.1 Å². The average Bonchev–Trinajstić information content (AvgIpc) is 2.37. The van der Waals surface area contributed by atoms with Crippen molar-refractivity contribution in [3.05, 3.63) is 58.4 Å². The van der Waals surface area contributed by atoms with E-state index in [0.717, 1.165) is 12.1 Å². The van der Waals surface area contributed by atoms with Crippen molar-refractivity contribution in [2.24, 2.45) is 0 Å². The summed E-state index contributed by atoms with van der Waals surface area (Å²) in [4.78, 5) is 22.6. The molecule has 0 aliphatic rings. The zero-order valence-electron chi connectivity index (χ0n) is 10.4. The number of halogens is 2. The highest BCUT2D eigenvalue weighted by atomic mass is 35.5. The second-order valence-corrected chi connectivity index (χ2v) is 4.55. The van der Waals surface area contributed by atoms with Gasteiger partial charge < -0.3 is 15.5 Å². The molecule has 0 fully saturated rings. The monoisotopic (exact) mass is 309 g/mol. The first-order valence-electron chi connectivity index (χ1n) is 5.71. The number of hydrogen-bond donors (Lipinski definition) is 3. The average molecular weight is 310 g/mol. The van der Waals surface area contributed by atoms with Gasteiger partial charge in [0.2, 0.25) is 0 Å². The minimum Gasteiger partial charge on any atom is -0.507 e. The molecule has 0 aliphatic carbocycles. The van der Waals surface area contributed by atoms with Crippen LogP contribution in [0.3, 0.4) is 0 Å². The Morgan fingerprint density at radius 2 is 1.76 bits per heavy atom. The molecule has 0 aromatic heterocycles. The van der Waals surface area contributed by atoms with Crippen LogP contribution in [0.1, 0.15) is 20.7 Å². The molecular formula is C14H9ClFNO4. The first kappa shape index (κ1) is 14.8. The Morgan fingerprint density at radius 3 is 2.33 bits per heavy atom. The number of amides is 1. The largest absolute Gasteiger partial charge is 0.507 e. The molecule has 2 rings (SSSR count). The molecule has 2 aromatic carbocycles. The number of phenolic OH excluding ortho intramolecular Hbond substituents is 1. The third-order valence-corrected chi connectivity index (χ3v) is 2.90. The first-order valence-corrected chi connectivity index (χ1v) is 6.09. The fourth-order valence-electron chi connectivity index (χ4n) is 1.66. The molecule has 0 aliphatic heterocycles. The van der Waals surface area contributed by atoms with Crippen LogP contribution in [0, 0.1) is 5.82 Å². The Kier molecular flexibility index (Phi) is 4.09. The van der Waals surface area contributed by atoms with Crippen molar-refractivity contribution < 1.29 is 24.2 Å². The lowest BCUT2D eigenvalue weighted by Gasteiger charge is -2.08. The van der Waals surface area contributed by atoms with Crippen molar-refractivity contribution in [1.82, 2.24) is 0 Å². The number of anilines is 1. The number of hydrogen-bond acceptors (Lipinski definition) is 3. The predicted molar refractivity (Wildman–Crippen MR) is 74.4 cm³/mol. The lowest BCUT2D eigenvalue weighted by molar-refractivity contribution is 0.0691. The van der Waals surface area contributed by atoms with E-state index in [2.05, 4.69) is 5.32 Å². The summed E-state index contributed by atoms with van der Waals surface area (Å²) in [6, 6.07) is 7.10. The number of phenols is 1. The van der Waals surface area contributed by atoms with Crippen LogP contribution in [-0.2, 0) is 0 Å². The van der Waals surface area contributed by atoms with E-state index < -0.39 is 23.3 Å². The van der Waals surface area contributed by atoms with E-state index in [1.54, 1.807) is 0 Å². The maximum absolute atomic E-state index is 13.5. The predicted octanol–water partition coefficient (Wildman–Crippen LogP) is 3.14. The lowest BCUT2D eigenvalue weighted by atomic mass is 10.1. The van der Waals surface area contributed by atoms with E-state index in [1.165, 1.54) is 24.3 Å². The van der Waals surface area contributed by atoms with Gasteiger partial charge in [0, 0.05) is 10.7 Å². The Morgan fingerprint density at radius 1 is 1.10 bits per heavy atom. The van der Waals surface area contributed by atoms with Gasteiger partial charge in [-0.15, -0.1) is 0 Å². The van der Waals surface area contributed by atoms with Gasteiger partial charge in [-0.1, -0.05) is 11.6 Å². The van der Waals surface area contributed by atoms with Crippen LogP contribution in [0.5, 0.6) is 5.75 Å². The molecular weight excluding hydrogens is 301 g/mol. The van der Waals surface area contributed by atoms with Crippen LogP contribution in [-0.4, -0.2) is 22.1 Å². The van der Waals surface area contributed by atoms with Crippen molar-refractivity contribution in [3.8, 4) is 5.75 Å². The molecule has 7 heteroatoms. The Balaban J connectivity index is 2.23. The summed E-state index contributed by atoms with van der Waals surface area (Å²) < 4.78 is 13.5. The number of rotatable bonds is 3. The highest BCUT2D eigenvalue weighted by Gasteiger charge is 2.14. The van der Waals surface area contributed by atoms with Gasteiger partial charge in [-0.05, 0) is 36.4 Å². The molecule has 0 radical (unpaired) electrons. The number of aromatic hydroxyl groups is 1. The van der Waals surface area contributed by atoms with Crippen molar-refractivity contribution in [2.75, 3.05) is 5.32 Å². The quantitative estimate of drug-likeness (QED) is 0.813. The molecule has 0 unspecified atom stereocenters. The highest BCUT2D eigenvalue weighted by molar-refractivity contribution is 6.31. The highest BCUT2D eigenvalue weighted by Crippen LogP contribution is 2.23. The van der Waals surface area contributed by atoms with Crippen LogP contribution >= 0.6 is 11.6 Å². The molecule has 0 atom stereocenters. The molecule has 108 valence electrons. The number of carboxylic acids is 1. The van der Waals surface area contributed by atoms with E-state index >= 15 is 0 Å². The summed E-state index contributed by atoms with van der Waals surface area (Å²) in [5.74, 6) is -3.37. The molecule has 5 nitrogen and oxygen atoms in total. The van der Waals surface area contributed by atoms with E-state index in [4.69, 9.17) is 16.7 Å². The van der Waals surface area contributed by atoms with Gasteiger partial charge >= 0.3 is 5.97 Å². The summed E-state index contributed by atoms with van der Waals surface area (Å²) in [6.07, 6.45) is 0. The Hall–Kier alpha value is -2.60. The molecule has 0 saturated heterocycles. The third-order valence-electron chi connectivity index (χ3n) is 2.66. The van der Waals surface area contributed by atoms with E-state index in [-0.39, 0.29) is 22.0 Å². The Bertz CT molecular complexity index is 733. The SMILES string of the molecule is O=C(Nc1ccc(C(=O)O)c(F)c1)c1ccc(Cl)cc1O. The van der Waals surface area contributed by atoms with Crippen molar-refractivity contribution in [3.63, 3.8) is 0 Å². The number of aromatic carboxylic acids is 1. The minimum absolute atomic E-state index is 0.0397. The fourth-order valence-corrected chi connectivity index (χ4v) is 1.83. The molecule has 1 amide bonds. The second-order valence-electron chi connectivity index (χ2n) is 4.12. The molecule has 21 heavy (non-hydrogen) atoms. The molecule has 2 aromatic rings. The normalized spacial score (nSPS) is 10.2. The number of carbonyl (C=O) groups excluding carboxylic acids is 1. The summed E-state index contributed by atoms with van der Waals surface area (Å²) >= 11 is 5.65. The zero-order valence-corrected chi connectivity index (χ0v) is 11.2. The fraction of sp³-hybridized carbons (Fsp3) is 0. The topological polar surface area (TPSA) is 86.6 Å². The van der Waals surface area contributed by atoms with Gasteiger partial charge in [0.15, 0.2) is 0 Å². The molecule has 3 N–H and O–H groups in total. The third kappa shape index (κ3) is 3.29. The standard InChI is InChI=1S/C14H9ClFNO4/c15-7-1-3-10(12(18)5-7)13(19)17-8-2-4-9(14(20)21)11(16)6-8/h1-6,18H,(H,17,19)(H,20,21). The maximum atomic E-state index is 13.5. The molecule has 0 heterocycles. The van der Waals surface area contributed by atoms with Crippen LogP contribution < -0.4 is 5.32 Å². The van der Waals surface area contributed by atoms with E-state index in [1.807, 2.05) is 0 Å². The molecule has 0 spiro atoms. The number of nitrogens with one attached hydrogen (secondary N) is 1. The lowest BCUT2D eigenvalue weighted by Crippen LogP contribution is -2.12. The second kappa shape index (κ2) is 5.80. The van der Waals surface area contributed by atoms with Crippen molar-refractivity contribution in [2.45, 2.75) is 0 Å². The molecule has 0 bridgehead atoms. The van der Waals surface area contributed by atoms with Crippen LogP contribution in [0.15, 0.2) is 36.4 Å².